The van der Waals surface area contributed by atoms with Crippen molar-refractivity contribution in [1.82, 2.24) is 15.4 Å². The molecule has 1 fully saturated rings. The second kappa shape index (κ2) is 5.20. The molecule has 0 aliphatic carbocycles. The first-order valence-corrected chi connectivity index (χ1v) is 6.10. The van der Waals surface area contributed by atoms with Crippen molar-refractivity contribution in [3.05, 3.63) is 17.5 Å². The maximum absolute atomic E-state index is 12.2. The molecule has 1 unspecified atom stereocenters. The molecule has 1 atom stereocenters. The summed E-state index contributed by atoms with van der Waals surface area (Å²) in [6.45, 7) is 4.50. The second-order valence-corrected chi connectivity index (χ2v) is 4.47. The molecule has 1 saturated heterocycles. The number of aromatic nitrogens is 1. The molecular formula is C12H17N3O3. The van der Waals surface area contributed by atoms with Gasteiger partial charge in [0.05, 0.1) is 6.54 Å². The third-order valence-electron chi connectivity index (χ3n) is 2.99. The molecule has 18 heavy (non-hydrogen) atoms. The van der Waals surface area contributed by atoms with E-state index in [1.165, 1.54) is 0 Å². The molecule has 2 amide bonds. The first kappa shape index (κ1) is 12.6. The summed E-state index contributed by atoms with van der Waals surface area (Å²) < 4.78 is 4.98. The number of nitrogens with zero attached hydrogens (tertiary/aromatic N) is 2. The van der Waals surface area contributed by atoms with Crippen molar-refractivity contribution in [2.75, 3.05) is 6.54 Å². The van der Waals surface area contributed by atoms with E-state index in [4.69, 9.17) is 4.52 Å². The summed E-state index contributed by atoms with van der Waals surface area (Å²) >= 11 is 0. The molecular weight excluding hydrogens is 234 g/mol. The Bertz CT molecular complexity index is 455. The summed E-state index contributed by atoms with van der Waals surface area (Å²) in [7, 11) is 0. The minimum absolute atomic E-state index is 0.0518. The zero-order valence-electron chi connectivity index (χ0n) is 10.6. The normalized spacial score (nSPS) is 20.8. The highest BCUT2D eigenvalue weighted by Crippen LogP contribution is 2.11. The number of aryl methyl sites for hydroxylation is 1. The van der Waals surface area contributed by atoms with Gasteiger partial charge >= 0.3 is 0 Å². The zero-order valence-corrected chi connectivity index (χ0v) is 10.6. The van der Waals surface area contributed by atoms with Gasteiger partial charge < -0.3 is 14.7 Å². The number of hydrogen-bond acceptors (Lipinski definition) is 4. The monoisotopic (exact) mass is 251 g/mol. The van der Waals surface area contributed by atoms with E-state index in [9.17, 15) is 9.59 Å². The Kier molecular flexibility index (Phi) is 3.64. The van der Waals surface area contributed by atoms with Crippen molar-refractivity contribution >= 4 is 11.8 Å². The molecule has 0 spiro atoms. The Morgan fingerprint density at radius 2 is 2.33 bits per heavy atom. The molecule has 1 aromatic rings. The van der Waals surface area contributed by atoms with Crippen molar-refractivity contribution in [1.29, 1.82) is 0 Å². The fourth-order valence-corrected chi connectivity index (χ4v) is 2.02. The Hall–Kier alpha value is -1.85. The largest absolute Gasteiger partial charge is 0.361 e. The van der Waals surface area contributed by atoms with Crippen molar-refractivity contribution in [3.8, 4) is 0 Å². The van der Waals surface area contributed by atoms with Gasteiger partial charge in [0.15, 0.2) is 0 Å². The summed E-state index contributed by atoms with van der Waals surface area (Å²) in [5, 5.41) is 6.60. The Labute approximate surface area is 105 Å². The molecule has 1 aromatic heterocycles. The molecule has 2 heterocycles. The highest BCUT2D eigenvalue weighted by atomic mass is 16.5. The van der Waals surface area contributed by atoms with Gasteiger partial charge in [-0.05, 0) is 13.3 Å². The van der Waals surface area contributed by atoms with Gasteiger partial charge in [-0.15, -0.1) is 0 Å². The first-order valence-electron chi connectivity index (χ1n) is 6.10. The van der Waals surface area contributed by atoms with E-state index in [2.05, 4.69) is 10.5 Å². The third kappa shape index (κ3) is 2.69. The standard InChI is InChI=1S/C12H17N3O3/c1-3-10-12(17)15(5-4-11(16)13-10)7-9-6-8(2)18-14-9/h6,10H,3-5,7H2,1-2H3,(H,13,16). The summed E-state index contributed by atoms with van der Waals surface area (Å²) in [4.78, 5) is 25.3. The van der Waals surface area contributed by atoms with Gasteiger partial charge in [0, 0.05) is 19.0 Å². The number of carbonyl (C=O) groups is 2. The topological polar surface area (TPSA) is 75.4 Å². The van der Waals surface area contributed by atoms with Crippen molar-refractivity contribution < 1.29 is 14.1 Å². The summed E-state index contributed by atoms with van der Waals surface area (Å²) in [6.07, 6.45) is 0.929. The fraction of sp³-hybridized carbons (Fsp3) is 0.583. The minimum Gasteiger partial charge on any atom is -0.361 e. The lowest BCUT2D eigenvalue weighted by Crippen LogP contribution is -2.43. The van der Waals surface area contributed by atoms with Crippen LogP contribution in [0.4, 0.5) is 0 Å². The first-order chi connectivity index (χ1) is 8.60. The van der Waals surface area contributed by atoms with Gasteiger partial charge in [0.2, 0.25) is 11.8 Å². The number of amides is 2. The van der Waals surface area contributed by atoms with Crippen LogP contribution in [0.15, 0.2) is 10.6 Å². The molecule has 1 aliphatic heterocycles. The van der Waals surface area contributed by atoms with Crippen LogP contribution in [0.5, 0.6) is 0 Å². The van der Waals surface area contributed by atoms with E-state index in [0.717, 1.165) is 0 Å². The molecule has 0 aromatic carbocycles. The number of rotatable bonds is 3. The van der Waals surface area contributed by atoms with Crippen LogP contribution in [-0.2, 0) is 16.1 Å². The van der Waals surface area contributed by atoms with E-state index in [1.807, 2.05) is 6.92 Å². The summed E-state index contributed by atoms with van der Waals surface area (Å²) in [5.41, 5.74) is 0.713. The van der Waals surface area contributed by atoms with Gasteiger partial charge in [-0.2, -0.15) is 0 Å². The molecule has 2 rings (SSSR count). The Balaban J connectivity index is 2.10. The molecule has 6 nitrogen and oxygen atoms in total. The predicted molar refractivity (Wildman–Crippen MR) is 63.5 cm³/mol. The van der Waals surface area contributed by atoms with Gasteiger partial charge in [0.1, 0.15) is 17.5 Å². The molecule has 1 aliphatic rings. The van der Waals surface area contributed by atoms with Crippen LogP contribution in [-0.4, -0.2) is 34.5 Å². The highest BCUT2D eigenvalue weighted by Gasteiger charge is 2.28. The molecule has 0 bridgehead atoms. The minimum atomic E-state index is -0.423. The average molecular weight is 251 g/mol. The Morgan fingerprint density at radius 3 is 2.94 bits per heavy atom. The van der Waals surface area contributed by atoms with Gasteiger partial charge in [-0.25, -0.2) is 0 Å². The van der Waals surface area contributed by atoms with Crippen molar-refractivity contribution in [2.45, 2.75) is 39.3 Å². The second-order valence-electron chi connectivity index (χ2n) is 4.47. The van der Waals surface area contributed by atoms with Crippen LogP contribution in [0, 0.1) is 6.92 Å². The SMILES string of the molecule is CCC1NC(=O)CCN(Cc2cc(C)on2)C1=O. The van der Waals surface area contributed by atoms with Gasteiger partial charge in [-0.1, -0.05) is 12.1 Å². The van der Waals surface area contributed by atoms with Gasteiger partial charge in [-0.3, -0.25) is 9.59 Å². The van der Waals surface area contributed by atoms with Crippen LogP contribution in [0.1, 0.15) is 31.2 Å². The van der Waals surface area contributed by atoms with E-state index < -0.39 is 6.04 Å². The van der Waals surface area contributed by atoms with Crippen LogP contribution < -0.4 is 5.32 Å². The smallest absolute Gasteiger partial charge is 0.245 e. The highest BCUT2D eigenvalue weighted by molar-refractivity contribution is 5.89. The predicted octanol–water partition coefficient (Wildman–Crippen LogP) is 0.610. The van der Waals surface area contributed by atoms with Crippen molar-refractivity contribution in [3.63, 3.8) is 0 Å². The molecule has 0 radical (unpaired) electrons. The number of nitrogens with one attached hydrogen (secondary N) is 1. The van der Waals surface area contributed by atoms with E-state index >= 15 is 0 Å². The van der Waals surface area contributed by atoms with E-state index in [1.54, 1.807) is 17.9 Å². The lowest BCUT2D eigenvalue weighted by molar-refractivity contribution is -0.134. The Morgan fingerprint density at radius 1 is 1.56 bits per heavy atom. The summed E-state index contributed by atoms with van der Waals surface area (Å²) in [6, 6.07) is 1.38. The quantitative estimate of drug-likeness (QED) is 0.854. The molecule has 6 heteroatoms. The molecule has 1 N–H and O–H groups in total. The zero-order chi connectivity index (χ0) is 13.1. The van der Waals surface area contributed by atoms with Crippen LogP contribution in [0.25, 0.3) is 0 Å². The number of carbonyl (C=O) groups excluding carboxylic acids is 2. The molecule has 98 valence electrons. The van der Waals surface area contributed by atoms with Crippen molar-refractivity contribution in [2.24, 2.45) is 0 Å². The lowest BCUT2D eigenvalue weighted by Gasteiger charge is -2.22. The summed E-state index contributed by atoms with van der Waals surface area (Å²) in [5.74, 6) is 0.589. The molecule has 0 saturated carbocycles. The maximum atomic E-state index is 12.2. The van der Waals surface area contributed by atoms with Crippen LogP contribution in [0.2, 0.25) is 0 Å². The lowest BCUT2D eigenvalue weighted by atomic mass is 10.2. The van der Waals surface area contributed by atoms with E-state index in [0.29, 0.717) is 37.4 Å². The third-order valence-corrected chi connectivity index (χ3v) is 2.99. The van der Waals surface area contributed by atoms with Crippen LogP contribution >= 0.6 is 0 Å². The van der Waals surface area contributed by atoms with E-state index in [-0.39, 0.29) is 11.8 Å². The number of hydrogen-bond donors (Lipinski definition) is 1. The average Bonchev–Trinajstić information content (AvgIpc) is 2.70. The maximum Gasteiger partial charge on any atom is 0.245 e. The van der Waals surface area contributed by atoms with Gasteiger partial charge in [0.25, 0.3) is 0 Å². The fourth-order valence-electron chi connectivity index (χ4n) is 2.02. The van der Waals surface area contributed by atoms with Crippen LogP contribution in [0.3, 0.4) is 0 Å².